The van der Waals surface area contributed by atoms with Crippen molar-refractivity contribution >= 4 is 5.97 Å². The maximum Gasteiger partial charge on any atom is 2.00 e. The Labute approximate surface area is 118 Å². The van der Waals surface area contributed by atoms with E-state index in [0.29, 0.717) is 0 Å². The Kier molecular flexibility index (Phi) is 15.6. The first-order chi connectivity index (χ1) is 7.68. The topological polar surface area (TPSA) is 37.3 Å². The molecule has 0 saturated heterocycles. The van der Waals surface area contributed by atoms with Crippen molar-refractivity contribution < 1.29 is 42.6 Å². The molecule has 6 heteroatoms. The van der Waals surface area contributed by atoms with Crippen LogP contribution in [0.5, 0.6) is 0 Å². The number of halogens is 3. The summed E-state index contributed by atoms with van der Waals surface area (Å²) in [5, 5.41) is 8.25. The van der Waals surface area contributed by atoms with Gasteiger partial charge in [0.25, 0.3) is 0 Å². The number of benzene rings is 1. The molecule has 0 amide bonds. The summed E-state index contributed by atoms with van der Waals surface area (Å²) in [7, 11) is 0. The van der Waals surface area contributed by atoms with Crippen LogP contribution in [0.4, 0.5) is 13.2 Å². The molecule has 98 valence electrons. The van der Waals surface area contributed by atoms with Gasteiger partial charge in [-0.2, -0.15) is 36.4 Å². The van der Waals surface area contributed by atoms with Crippen molar-refractivity contribution in [2.45, 2.75) is 20.8 Å². The number of rotatable bonds is 0. The number of carbonyl (C=O) groups is 1. The minimum atomic E-state index is -3.08. The standard InChI is InChI=1S/C6H5.C5H10O2.CF3.Zn/c1-2-4-6-5-3-1;1-5(2,3)4(6)7;2-1(3)4;/h1-5H;1-3H3,(H,6,7);;/q-1;;-1;+2. The Bertz CT molecular complexity index is 258. The monoisotopic (exact) mass is 312 g/mol. The van der Waals surface area contributed by atoms with Crippen LogP contribution in [-0.4, -0.2) is 11.1 Å². The molecule has 0 fully saturated rings. The molecule has 0 aliphatic rings. The molecule has 1 aromatic carbocycles. The van der Waals surface area contributed by atoms with Gasteiger partial charge in [-0.3, -0.25) is 4.79 Å². The molecule has 0 heterocycles. The van der Waals surface area contributed by atoms with E-state index >= 15 is 0 Å². The summed E-state index contributed by atoms with van der Waals surface area (Å²) in [5.74, 6) is -0.757. The van der Waals surface area contributed by atoms with Crippen molar-refractivity contribution in [1.29, 1.82) is 0 Å². The van der Waals surface area contributed by atoms with E-state index in [2.05, 4.69) is 6.07 Å². The molecule has 0 unspecified atom stereocenters. The Hall–Kier alpha value is -0.897. The van der Waals surface area contributed by atoms with E-state index in [1.165, 1.54) is 0 Å². The van der Waals surface area contributed by atoms with Gasteiger partial charge < -0.3 is 18.3 Å². The fourth-order valence-electron chi connectivity index (χ4n) is 0.342. The van der Waals surface area contributed by atoms with Crippen LogP contribution in [0.1, 0.15) is 20.8 Å². The maximum absolute atomic E-state index is 10.0. The van der Waals surface area contributed by atoms with Crippen LogP contribution in [0.3, 0.4) is 0 Å². The smallest absolute Gasteiger partial charge is 0.481 e. The third kappa shape index (κ3) is 24.4. The van der Waals surface area contributed by atoms with Crippen molar-refractivity contribution in [2.24, 2.45) is 5.41 Å². The second kappa shape index (κ2) is 12.6. The van der Waals surface area contributed by atoms with Gasteiger partial charge in [-0.15, -0.1) is 0 Å². The summed E-state index contributed by atoms with van der Waals surface area (Å²) in [6, 6.07) is 12.5. The predicted octanol–water partition coefficient (Wildman–Crippen LogP) is 3.94. The van der Waals surface area contributed by atoms with Crippen molar-refractivity contribution in [3.8, 4) is 0 Å². The average molecular weight is 314 g/mol. The molecule has 18 heavy (non-hydrogen) atoms. The SMILES string of the molecule is CC(C)(C)C(=O)O.F[C-](F)F.[Zn+2].[c-]1ccccc1. The van der Waals surface area contributed by atoms with Crippen LogP contribution in [0.25, 0.3) is 0 Å². The summed E-state index contributed by atoms with van der Waals surface area (Å²) in [4.78, 5) is 10.0. The van der Waals surface area contributed by atoms with Crippen molar-refractivity contribution in [3.05, 3.63) is 43.1 Å². The molecule has 0 aliphatic heterocycles. The van der Waals surface area contributed by atoms with Crippen LogP contribution >= 0.6 is 0 Å². The zero-order valence-electron chi connectivity index (χ0n) is 10.6. The average Bonchev–Trinajstić information content (AvgIpc) is 2.19. The Balaban J connectivity index is -0.000000189. The molecule has 0 spiro atoms. The minimum Gasteiger partial charge on any atom is -0.481 e. The van der Waals surface area contributed by atoms with Gasteiger partial charge in [0.05, 0.1) is 5.41 Å². The first-order valence-electron chi connectivity index (χ1n) is 4.66. The first-order valence-corrected chi connectivity index (χ1v) is 4.66. The van der Waals surface area contributed by atoms with Crippen LogP contribution in [0.2, 0.25) is 0 Å². The summed E-state index contributed by atoms with van der Waals surface area (Å²) >= 11 is 0. The molecular weight excluding hydrogens is 299 g/mol. The van der Waals surface area contributed by atoms with Gasteiger partial charge in [-0.05, 0) is 20.8 Å². The number of hydrogen-bond donors (Lipinski definition) is 1. The zero-order valence-corrected chi connectivity index (χ0v) is 13.6. The molecule has 0 aliphatic carbocycles. The molecule has 1 N–H and O–H groups in total. The maximum atomic E-state index is 10.0. The van der Waals surface area contributed by atoms with Gasteiger partial charge in [0.1, 0.15) is 0 Å². The first kappa shape index (κ1) is 22.3. The quantitative estimate of drug-likeness (QED) is 0.582. The van der Waals surface area contributed by atoms with Crippen LogP contribution in [0.15, 0.2) is 30.3 Å². The van der Waals surface area contributed by atoms with E-state index in [1.807, 2.05) is 30.3 Å². The molecule has 1 aromatic rings. The predicted molar refractivity (Wildman–Crippen MR) is 58.9 cm³/mol. The largest absolute Gasteiger partial charge is 2.00 e. The van der Waals surface area contributed by atoms with E-state index < -0.39 is 18.1 Å². The van der Waals surface area contributed by atoms with Gasteiger partial charge in [-0.1, -0.05) is 0 Å². The van der Waals surface area contributed by atoms with Gasteiger partial charge >= 0.3 is 25.4 Å². The second-order valence-electron chi connectivity index (χ2n) is 3.85. The Morgan fingerprint density at radius 1 is 1.11 bits per heavy atom. The van der Waals surface area contributed by atoms with Crippen LogP contribution in [0, 0.1) is 18.2 Å². The van der Waals surface area contributed by atoms with Gasteiger partial charge in [-0.25, -0.2) is 0 Å². The number of aliphatic carboxylic acids is 1. The van der Waals surface area contributed by atoms with Gasteiger partial charge in [0.2, 0.25) is 0 Å². The van der Waals surface area contributed by atoms with Gasteiger partial charge in [0, 0.05) is 0 Å². The van der Waals surface area contributed by atoms with E-state index in [9.17, 15) is 18.0 Å². The number of carboxylic acids is 1. The minimum absolute atomic E-state index is 0. The molecule has 0 atom stereocenters. The summed E-state index contributed by atoms with van der Waals surface area (Å²) in [5.41, 5.74) is -0.583. The molecule has 0 radical (unpaired) electrons. The Morgan fingerprint density at radius 2 is 1.39 bits per heavy atom. The van der Waals surface area contributed by atoms with Crippen LogP contribution < -0.4 is 0 Å². The van der Waals surface area contributed by atoms with E-state index in [1.54, 1.807) is 20.8 Å². The third-order valence-corrected chi connectivity index (χ3v) is 1.25. The summed E-state index contributed by atoms with van der Waals surface area (Å²) in [6.45, 7) is 1.90. The second-order valence-corrected chi connectivity index (χ2v) is 3.85. The Morgan fingerprint density at radius 3 is 1.44 bits per heavy atom. The van der Waals surface area contributed by atoms with E-state index in [-0.39, 0.29) is 19.5 Å². The van der Waals surface area contributed by atoms with Crippen molar-refractivity contribution in [3.63, 3.8) is 0 Å². The molecule has 2 nitrogen and oxygen atoms in total. The molecule has 0 bridgehead atoms. The normalized spacial score (nSPS) is 9.06. The third-order valence-electron chi connectivity index (χ3n) is 1.25. The molecule has 0 aromatic heterocycles. The number of carboxylic acid groups (broad SMARTS) is 1. The summed E-state index contributed by atoms with van der Waals surface area (Å²) in [6.07, 6.45) is 0. The van der Waals surface area contributed by atoms with Crippen molar-refractivity contribution in [2.75, 3.05) is 0 Å². The molecule has 0 saturated carbocycles. The van der Waals surface area contributed by atoms with E-state index in [4.69, 9.17) is 5.11 Å². The molecule has 1 rings (SSSR count). The van der Waals surface area contributed by atoms with Gasteiger partial charge in [0.15, 0.2) is 6.68 Å². The zero-order chi connectivity index (χ0) is 13.9. The van der Waals surface area contributed by atoms with Crippen molar-refractivity contribution in [1.82, 2.24) is 0 Å². The fourth-order valence-corrected chi connectivity index (χ4v) is 0.342. The fraction of sp³-hybridized carbons (Fsp3) is 0.333. The number of hydrogen-bond acceptors (Lipinski definition) is 1. The molecular formula is C12H15F3O2Zn. The van der Waals surface area contributed by atoms with E-state index in [0.717, 1.165) is 0 Å². The summed E-state index contributed by atoms with van der Waals surface area (Å²) < 4.78 is 28.8. The van der Waals surface area contributed by atoms with Crippen LogP contribution in [-0.2, 0) is 24.3 Å².